The summed E-state index contributed by atoms with van der Waals surface area (Å²) >= 11 is 0. The predicted octanol–water partition coefficient (Wildman–Crippen LogP) is 2.55. The van der Waals surface area contributed by atoms with Gasteiger partial charge in [0.1, 0.15) is 0 Å². The van der Waals surface area contributed by atoms with Gasteiger partial charge in [-0.3, -0.25) is 4.79 Å². The molecule has 6 heteroatoms. The van der Waals surface area contributed by atoms with Crippen LogP contribution in [-0.4, -0.2) is 61.5 Å². The summed E-state index contributed by atoms with van der Waals surface area (Å²) in [5, 5.41) is 3.40. The van der Waals surface area contributed by atoms with Crippen molar-refractivity contribution in [2.75, 3.05) is 45.8 Å². The number of nitrogens with one attached hydrogen (secondary N) is 1. The predicted molar refractivity (Wildman–Crippen MR) is 99.7 cm³/mol. The molecule has 3 heterocycles. The molecule has 0 bridgehead atoms. The minimum Gasteiger partial charge on any atom is -0.342 e. The van der Waals surface area contributed by atoms with Crippen molar-refractivity contribution in [2.24, 2.45) is 11.8 Å². The van der Waals surface area contributed by atoms with Crippen LogP contribution in [0.25, 0.3) is 0 Å². The normalized spacial score (nSPS) is 25.9. The number of rotatable bonds is 5. The van der Waals surface area contributed by atoms with E-state index in [1.54, 1.807) is 0 Å². The molecule has 23 heavy (non-hydrogen) atoms. The average Bonchev–Trinajstić information content (AvgIpc) is 3.18. The zero-order chi connectivity index (χ0) is 14.5. The number of piperidine rings is 1. The Hall–Kier alpha value is -0.0300. The minimum atomic E-state index is 0. The maximum atomic E-state index is 12.4. The summed E-state index contributed by atoms with van der Waals surface area (Å²) in [6.45, 7) is 8.07. The number of halogens is 2. The van der Waals surface area contributed by atoms with Crippen LogP contribution in [0.1, 0.15) is 44.9 Å². The maximum Gasteiger partial charge on any atom is 0.222 e. The molecule has 0 aromatic rings. The first kappa shape index (κ1) is 21.0. The van der Waals surface area contributed by atoms with Gasteiger partial charge in [0.05, 0.1) is 0 Å². The van der Waals surface area contributed by atoms with Gasteiger partial charge in [0.25, 0.3) is 0 Å². The van der Waals surface area contributed by atoms with Crippen molar-refractivity contribution in [3.05, 3.63) is 0 Å². The lowest BCUT2D eigenvalue weighted by Crippen LogP contribution is -2.33. The van der Waals surface area contributed by atoms with Gasteiger partial charge in [-0.1, -0.05) is 0 Å². The molecule has 4 nitrogen and oxygen atoms in total. The molecule has 1 unspecified atom stereocenters. The average molecular weight is 366 g/mol. The molecular weight excluding hydrogens is 333 g/mol. The molecule has 1 amide bonds. The Morgan fingerprint density at radius 2 is 1.65 bits per heavy atom. The number of hydrogen-bond donors (Lipinski definition) is 1. The van der Waals surface area contributed by atoms with E-state index in [1.165, 1.54) is 51.7 Å². The first-order valence-corrected chi connectivity index (χ1v) is 9.02. The molecule has 0 saturated carbocycles. The lowest BCUT2D eigenvalue weighted by Gasteiger charge is -2.24. The monoisotopic (exact) mass is 365 g/mol. The summed E-state index contributed by atoms with van der Waals surface area (Å²) in [5.74, 6) is 1.92. The molecule has 3 saturated heterocycles. The van der Waals surface area contributed by atoms with Crippen LogP contribution in [0, 0.1) is 11.8 Å². The van der Waals surface area contributed by atoms with E-state index in [0.717, 1.165) is 50.9 Å². The number of hydrogen-bond acceptors (Lipinski definition) is 3. The Balaban J connectivity index is 0.00000132. The summed E-state index contributed by atoms with van der Waals surface area (Å²) in [6, 6.07) is 0. The summed E-state index contributed by atoms with van der Waals surface area (Å²) in [4.78, 5) is 17.1. The highest BCUT2D eigenvalue weighted by Crippen LogP contribution is 2.23. The number of likely N-dealkylation sites (tertiary alicyclic amines) is 2. The van der Waals surface area contributed by atoms with Gasteiger partial charge >= 0.3 is 0 Å². The van der Waals surface area contributed by atoms with Crippen LogP contribution in [0.2, 0.25) is 0 Å². The number of carbonyl (C=O) groups excluding carboxylic acids is 1. The van der Waals surface area contributed by atoms with Crippen LogP contribution >= 0.6 is 24.8 Å². The fraction of sp³-hybridized carbons (Fsp3) is 0.941. The van der Waals surface area contributed by atoms with Crippen molar-refractivity contribution in [1.82, 2.24) is 15.1 Å². The van der Waals surface area contributed by atoms with E-state index in [2.05, 4.69) is 15.1 Å². The zero-order valence-corrected chi connectivity index (χ0v) is 15.8. The van der Waals surface area contributed by atoms with E-state index in [1.807, 2.05) is 0 Å². The van der Waals surface area contributed by atoms with Crippen molar-refractivity contribution < 1.29 is 4.79 Å². The van der Waals surface area contributed by atoms with Gasteiger partial charge in [-0.05, 0) is 76.5 Å². The molecule has 0 aromatic carbocycles. The lowest BCUT2D eigenvalue weighted by molar-refractivity contribution is -0.130. The van der Waals surface area contributed by atoms with E-state index >= 15 is 0 Å². The molecular formula is C17H33Cl2N3O. The third-order valence-electron chi connectivity index (χ3n) is 5.58. The van der Waals surface area contributed by atoms with Gasteiger partial charge in [0.15, 0.2) is 0 Å². The molecule has 0 radical (unpaired) electrons. The van der Waals surface area contributed by atoms with E-state index < -0.39 is 0 Å². The second kappa shape index (κ2) is 10.8. The van der Waals surface area contributed by atoms with Crippen LogP contribution in [-0.2, 0) is 4.79 Å². The lowest BCUT2D eigenvalue weighted by atomic mass is 9.93. The Bertz CT molecular complexity index is 345. The van der Waals surface area contributed by atoms with Crippen molar-refractivity contribution >= 4 is 30.7 Å². The fourth-order valence-corrected chi connectivity index (χ4v) is 4.19. The van der Waals surface area contributed by atoms with Gasteiger partial charge in [-0.25, -0.2) is 0 Å². The highest BCUT2D eigenvalue weighted by molar-refractivity contribution is 5.85. The quantitative estimate of drug-likeness (QED) is 0.812. The van der Waals surface area contributed by atoms with E-state index in [-0.39, 0.29) is 24.8 Å². The molecule has 0 aliphatic carbocycles. The first-order chi connectivity index (χ1) is 10.3. The SMILES string of the molecule is Cl.Cl.O=C(CCC1CCNCC1)N1CCC(CN2CCCC2)C1. The van der Waals surface area contributed by atoms with Crippen LogP contribution in [0.3, 0.4) is 0 Å². The van der Waals surface area contributed by atoms with Crippen LogP contribution in [0.15, 0.2) is 0 Å². The standard InChI is InChI=1S/C17H31N3O.2ClH/c21-17(4-3-15-5-8-18-9-6-15)20-12-7-16(14-20)13-19-10-1-2-11-19;;/h15-16,18H,1-14H2;2*1H. The van der Waals surface area contributed by atoms with Crippen molar-refractivity contribution in [1.29, 1.82) is 0 Å². The Morgan fingerprint density at radius 1 is 0.957 bits per heavy atom. The molecule has 0 spiro atoms. The van der Waals surface area contributed by atoms with Gasteiger partial charge in [0.2, 0.25) is 5.91 Å². The van der Waals surface area contributed by atoms with Gasteiger partial charge < -0.3 is 15.1 Å². The molecule has 1 atom stereocenters. The third kappa shape index (κ3) is 6.41. The topological polar surface area (TPSA) is 35.6 Å². The highest BCUT2D eigenvalue weighted by atomic mass is 35.5. The molecule has 3 fully saturated rings. The van der Waals surface area contributed by atoms with Crippen molar-refractivity contribution in [3.63, 3.8) is 0 Å². The second-order valence-corrected chi connectivity index (χ2v) is 7.23. The Kier molecular flexibility index (Phi) is 9.83. The summed E-state index contributed by atoms with van der Waals surface area (Å²) in [7, 11) is 0. The summed E-state index contributed by atoms with van der Waals surface area (Å²) in [5.41, 5.74) is 0. The number of carbonyl (C=O) groups is 1. The molecule has 136 valence electrons. The van der Waals surface area contributed by atoms with E-state index in [9.17, 15) is 4.79 Å². The first-order valence-electron chi connectivity index (χ1n) is 9.02. The second-order valence-electron chi connectivity index (χ2n) is 7.23. The Labute approximate surface area is 153 Å². The van der Waals surface area contributed by atoms with Crippen LogP contribution < -0.4 is 5.32 Å². The zero-order valence-electron chi connectivity index (χ0n) is 14.2. The largest absolute Gasteiger partial charge is 0.342 e. The van der Waals surface area contributed by atoms with E-state index in [0.29, 0.717) is 5.91 Å². The maximum absolute atomic E-state index is 12.4. The third-order valence-corrected chi connectivity index (χ3v) is 5.58. The molecule has 3 rings (SSSR count). The fourth-order valence-electron chi connectivity index (χ4n) is 4.19. The summed E-state index contributed by atoms with van der Waals surface area (Å²) < 4.78 is 0. The number of amides is 1. The van der Waals surface area contributed by atoms with E-state index in [4.69, 9.17) is 0 Å². The smallest absolute Gasteiger partial charge is 0.222 e. The molecule has 3 aliphatic heterocycles. The van der Waals surface area contributed by atoms with Crippen LogP contribution in [0.4, 0.5) is 0 Å². The number of nitrogens with zero attached hydrogens (tertiary/aromatic N) is 2. The summed E-state index contributed by atoms with van der Waals surface area (Å²) in [6.07, 6.45) is 8.34. The molecule has 1 N–H and O–H groups in total. The van der Waals surface area contributed by atoms with Crippen LogP contribution in [0.5, 0.6) is 0 Å². The van der Waals surface area contributed by atoms with Crippen molar-refractivity contribution in [2.45, 2.75) is 44.9 Å². The Morgan fingerprint density at radius 3 is 2.35 bits per heavy atom. The molecule has 3 aliphatic rings. The van der Waals surface area contributed by atoms with Gasteiger partial charge in [-0.2, -0.15) is 0 Å². The van der Waals surface area contributed by atoms with Gasteiger partial charge in [0, 0.05) is 26.1 Å². The highest BCUT2D eigenvalue weighted by Gasteiger charge is 2.28. The van der Waals surface area contributed by atoms with Crippen molar-refractivity contribution in [3.8, 4) is 0 Å². The minimum absolute atomic E-state index is 0. The van der Waals surface area contributed by atoms with Gasteiger partial charge in [-0.15, -0.1) is 24.8 Å². The molecule has 0 aromatic heterocycles.